The standard InChI is InChI=1S/C12H19N3O5S/c1-12(2,16)8-14(4)21(19,20)9-5-6-11(15(17)18)10(7-9)13-3/h5-7,13,16H,8H2,1-4H3. The van der Waals surface area contributed by atoms with Crippen molar-refractivity contribution >= 4 is 21.4 Å². The Morgan fingerprint density at radius 3 is 2.43 bits per heavy atom. The molecule has 0 fully saturated rings. The highest BCUT2D eigenvalue weighted by molar-refractivity contribution is 7.89. The molecule has 0 aliphatic carbocycles. The van der Waals surface area contributed by atoms with Crippen LogP contribution in [0.2, 0.25) is 0 Å². The molecule has 1 rings (SSSR count). The molecule has 1 aromatic carbocycles. The minimum Gasteiger partial charge on any atom is -0.389 e. The second-order valence-electron chi connectivity index (χ2n) is 5.26. The van der Waals surface area contributed by atoms with Gasteiger partial charge in [0.05, 0.1) is 15.4 Å². The van der Waals surface area contributed by atoms with Gasteiger partial charge in [-0.05, 0) is 26.0 Å². The zero-order valence-corrected chi connectivity index (χ0v) is 13.1. The summed E-state index contributed by atoms with van der Waals surface area (Å²) < 4.78 is 25.8. The number of benzene rings is 1. The summed E-state index contributed by atoms with van der Waals surface area (Å²) in [6, 6.07) is 3.51. The van der Waals surface area contributed by atoms with Crippen LogP contribution >= 0.6 is 0 Å². The molecule has 0 saturated carbocycles. The molecule has 21 heavy (non-hydrogen) atoms. The van der Waals surface area contributed by atoms with Crippen LogP contribution in [0.4, 0.5) is 11.4 Å². The van der Waals surface area contributed by atoms with Crippen molar-refractivity contribution in [1.82, 2.24) is 4.31 Å². The maximum atomic E-state index is 12.4. The summed E-state index contributed by atoms with van der Waals surface area (Å²) in [6.07, 6.45) is 0. The molecule has 0 radical (unpaired) electrons. The fraction of sp³-hybridized carbons (Fsp3) is 0.500. The van der Waals surface area contributed by atoms with Gasteiger partial charge in [0.2, 0.25) is 10.0 Å². The third-order valence-electron chi connectivity index (χ3n) is 2.75. The van der Waals surface area contributed by atoms with E-state index in [4.69, 9.17) is 0 Å². The molecule has 0 unspecified atom stereocenters. The number of aliphatic hydroxyl groups is 1. The summed E-state index contributed by atoms with van der Waals surface area (Å²) in [7, 11) is -1.02. The maximum absolute atomic E-state index is 12.4. The van der Waals surface area contributed by atoms with Crippen LogP contribution in [0.1, 0.15) is 13.8 Å². The number of sulfonamides is 1. The zero-order chi connectivity index (χ0) is 16.4. The lowest BCUT2D eigenvalue weighted by atomic mass is 10.1. The lowest BCUT2D eigenvalue weighted by Crippen LogP contribution is -2.39. The van der Waals surface area contributed by atoms with E-state index in [1.54, 1.807) is 0 Å². The number of nitrogens with one attached hydrogen (secondary N) is 1. The van der Waals surface area contributed by atoms with Gasteiger partial charge in [0.1, 0.15) is 5.69 Å². The van der Waals surface area contributed by atoms with Crippen LogP contribution in [0.5, 0.6) is 0 Å². The summed E-state index contributed by atoms with van der Waals surface area (Å²) in [5.74, 6) is 0. The number of nitrogens with zero attached hydrogens (tertiary/aromatic N) is 2. The molecule has 0 amide bonds. The van der Waals surface area contributed by atoms with E-state index in [-0.39, 0.29) is 22.8 Å². The van der Waals surface area contributed by atoms with E-state index in [0.717, 1.165) is 10.4 Å². The Labute approximate surface area is 123 Å². The molecule has 0 bridgehead atoms. The summed E-state index contributed by atoms with van der Waals surface area (Å²) in [5, 5.41) is 23.1. The second-order valence-corrected chi connectivity index (χ2v) is 7.30. The molecule has 0 atom stereocenters. The first-order chi connectivity index (χ1) is 9.49. The van der Waals surface area contributed by atoms with Crippen LogP contribution in [0.15, 0.2) is 23.1 Å². The molecule has 8 nitrogen and oxygen atoms in total. The molecule has 118 valence electrons. The number of anilines is 1. The number of rotatable bonds is 6. The Morgan fingerprint density at radius 1 is 1.43 bits per heavy atom. The van der Waals surface area contributed by atoms with Gasteiger partial charge in [-0.1, -0.05) is 0 Å². The Hall–Kier alpha value is -1.71. The van der Waals surface area contributed by atoms with E-state index in [1.807, 2.05) is 0 Å². The first kappa shape index (κ1) is 17.3. The lowest BCUT2D eigenvalue weighted by Gasteiger charge is -2.25. The third-order valence-corrected chi connectivity index (χ3v) is 4.55. The Bertz CT molecular complexity index is 637. The predicted octanol–water partition coefficient (Wildman–Crippen LogP) is 1.03. The quantitative estimate of drug-likeness (QED) is 0.598. The molecule has 0 aliphatic rings. The zero-order valence-electron chi connectivity index (χ0n) is 12.3. The molecule has 9 heteroatoms. The molecule has 2 N–H and O–H groups in total. The highest BCUT2D eigenvalue weighted by Crippen LogP contribution is 2.28. The predicted molar refractivity (Wildman–Crippen MR) is 78.8 cm³/mol. The van der Waals surface area contributed by atoms with Crippen molar-refractivity contribution in [2.24, 2.45) is 0 Å². The largest absolute Gasteiger partial charge is 0.389 e. The van der Waals surface area contributed by atoms with Gasteiger partial charge < -0.3 is 10.4 Å². The van der Waals surface area contributed by atoms with Gasteiger partial charge in [0.25, 0.3) is 5.69 Å². The highest BCUT2D eigenvalue weighted by Gasteiger charge is 2.27. The smallest absolute Gasteiger partial charge is 0.292 e. The first-order valence-corrected chi connectivity index (χ1v) is 7.58. The van der Waals surface area contributed by atoms with E-state index in [0.29, 0.717) is 0 Å². The average molecular weight is 317 g/mol. The van der Waals surface area contributed by atoms with Crippen molar-refractivity contribution in [3.8, 4) is 0 Å². The summed E-state index contributed by atoms with van der Waals surface area (Å²) in [4.78, 5) is 10.2. The van der Waals surface area contributed by atoms with Gasteiger partial charge in [0.15, 0.2) is 0 Å². The molecule has 1 aromatic rings. The van der Waals surface area contributed by atoms with Crippen LogP contribution in [-0.2, 0) is 10.0 Å². The summed E-state index contributed by atoms with van der Waals surface area (Å²) >= 11 is 0. The van der Waals surface area contributed by atoms with Gasteiger partial charge in [-0.2, -0.15) is 4.31 Å². The normalized spacial score (nSPS) is 12.5. The lowest BCUT2D eigenvalue weighted by molar-refractivity contribution is -0.384. The second kappa shape index (κ2) is 5.96. The highest BCUT2D eigenvalue weighted by atomic mass is 32.2. The van der Waals surface area contributed by atoms with Crippen LogP contribution in [0.3, 0.4) is 0 Å². The summed E-state index contributed by atoms with van der Waals surface area (Å²) in [6.45, 7) is 2.89. The van der Waals surface area contributed by atoms with E-state index >= 15 is 0 Å². The van der Waals surface area contributed by atoms with E-state index < -0.39 is 20.5 Å². The molecule has 0 heterocycles. The molecular formula is C12H19N3O5S. The van der Waals surface area contributed by atoms with Gasteiger partial charge >= 0.3 is 0 Å². The summed E-state index contributed by atoms with van der Waals surface area (Å²) in [5.41, 5.74) is -1.28. The third kappa shape index (κ3) is 4.13. The van der Waals surface area contributed by atoms with Gasteiger partial charge in [-0.3, -0.25) is 10.1 Å². The topological polar surface area (TPSA) is 113 Å². The average Bonchev–Trinajstić information content (AvgIpc) is 2.35. The molecule has 0 aromatic heterocycles. The molecular weight excluding hydrogens is 298 g/mol. The van der Waals surface area contributed by atoms with E-state index in [1.165, 1.54) is 40.1 Å². The van der Waals surface area contributed by atoms with Crippen LogP contribution in [0.25, 0.3) is 0 Å². The van der Waals surface area contributed by atoms with Crippen molar-refractivity contribution in [3.63, 3.8) is 0 Å². The van der Waals surface area contributed by atoms with Gasteiger partial charge in [-0.15, -0.1) is 0 Å². The Balaban J connectivity index is 3.24. The number of nitro benzene ring substituents is 1. The van der Waals surface area contributed by atoms with Crippen molar-refractivity contribution < 1.29 is 18.4 Å². The molecule has 0 saturated heterocycles. The minimum absolute atomic E-state index is 0.0794. The minimum atomic E-state index is -3.84. The number of nitro groups is 1. The van der Waals surface area contributed by atoms with Crippen molar-refractivity contribution in [2.45, 2.75) is 24.3 Å². The fourth-order valence-corrected chi connectivity index (χ4v) is 3.20. The number of hydrogen-bond acceptors (Lipinski definition) is 6. The molecule has 0 spiro atoms. The van der Waals surface area contributed by atoms with Crippen LogP contribution < -0.4 is 5.32 Å². The first-order valence-electron chi connectivity index (χ1n) is 6.14. The number of likely N-dealkylation sites (N-methyl/N-ethyl adjacent to an activating group) is 1. The van der Waals surface area contributed by atoms with E-state index in [9.17, 15) is 23.6 Å². The van der Waals surface area contributed by atoms with Crippen molar-refractivity contribution in [3.05, 3.63) is 28.3 Å². The maximum Gasteiger partial charge on any atom is 0.292 e. The SMILES string of the molecule is CNc1cc(S(=O)(=O)N(C)CC(C)(C)O)ccc1[N+](=O)[O-]. The van der Waals surface area contributed by atoms with Crippen molar-refractivity contribution in [2.75, 3.05) is 26.0 Å². The fourth-order valence-electron chi connectivity index (χ4n) is 1.84. The monoisotopic (exact) mass is 317 g/mol. The Morgan fingerprint density at radius 2 is 2.00 bits per heavy atom. The van der Waals surface area contributed by atoms with Gasteiger partial charge in [-0.25, -0.2) is 8.42 Å². The van der Waals surface area contributed by atoms with Crippen LogP contribution in [0, 0.1) is 10.1 Å². The number of hydrogen-bond donors (Lipinski definition) is 2. The van der Waals surface area contributed by atoms with Gasteiger partial charge in [0, 0.05) is 26.7 Å². The van der Waals surface area contributed by atoms with E-state index in [2.05, 4.69) is 5.32 Å². The molecule has 0 aliphatic heterocycles. The Kier molecular flexibility index (Phi) is 4.92. The van der Waals surface area contributed by atoms with Crippen molar-refractivity contribution in [1.29, 1.82) is 0 Å². The van der Waals surface area contributed by atoms with Crippen LogP contribution in [-0.4, -0.2) is 49.0 Å².